The molecule has 2 aliphatic rings. The summed E-state index contributed by atoms with van der Waals surface area (Å²) in [7, 11) is -3.82. The van der Waals surface area contributed by atoms with Crippen LogP contribution < -0.4 is 9.62 Å². The van der Waals surface area contributed by atoms with Gasteiger partial charge < -0.3 is 9.64 Å². The number of thiophene rings is 1. The van der Waals surface area contributed by atoms with E-state index in [1.54, 1.807) is 17.0 Å². The minimum Gasteiger partial charge on any atom is -0.444 e. The zero-order valence-corrected chi connectivity index (χ0v) is 22.1. The van der Waals surface area contributed by atoms with Gasteiger partial charge in [-0.15, -0.1) is 11.3 Å². The number of fused-ring (bicyclic) bond motifs is 1. The van der Waals surface area contributed by atoms with Crippen molar-refractivity contribution >= 4 is 67.5 Å². The number of carbonyl (C=O) groups excluding carboxylic acids is 2. The first-order valence-corrected chi connectivity index (χ1v) is 14.2. The number of carbonyl (C=O) groups is 2. The molecule has 1 atom stereocenters. The summed E-state index contributed by atoms with van der Waals surface area (Å²) >= 11 is 8.47. The zero-order chi connectivity index (χ0) is 24.7. The molecule has 4 heterocycles. The molecule has 13 heteroatoms. The molecule has 34 heavy (non-hydrogen) atoms. The fraction of sp³-hybridized carbons (Fsp3) is 0.476. The molecule has 0 aromatic carbocycles. The maximum atomic E-state index is 12.9. The molecule has 0 radical (unpaired) electrons. The smallest absolute Gasteiger partial charge is 0.410 e. The lowest BCUT2D eigenvalue weighted by atomic mass is 10.2. The van der Waals surface area contributed by atoms with Crippen molar-refractivity contribution in [3.8, 4) is 0 Å². The number of amides is 2. The predicted octanol–water partition coefficient (Wildman–Crippen LogP) is 3.85. The number of thiazole rings is 1. The summed E-state index contributed by atoms with van der Waals surface area (Å²) in [6.07, 6.45) is 1.98. The summed E-state index contributed by atoms with van der Waals surface area (Å²) in [5, 5.41) is 1.56. The molecule has 0 spiro atoms. The van der Waals surface area contributed by atoms with Crippen molar-refractivity contribution in [2.45, 2.75) is 51.8 Å². The highest BCUT2D eigenvalue weighted by Gasteiger charge is 2.37. The Hall–Kier alpha value is -1.99. The standard InChI is InChI=1S/C21H25ClN4O5S3/c1-21(2,3)31-20(28)25-9-6-14-16(12-25)33-19(23-14)26-10-7-15(18(26)27)24-34(29,30)11-8-13-4-5-17(22)32-13/h4-5,8,11,15,24H,6-7,9-10,12H2,1-3H3/b11-8+/t15-/m0/s1. The van der Waals surface area contributed by atoms with E-state index in [9.17, 15) is 18.0 Å². The lowest BCUT2D eigenvalue weighted by Gasteiger charge is -2.29. The molecule has 2 amide bonds. The molecule has 0 saturated carbocycles. The third-order valence-electron chi connectivity index (χ3n) is 5.12. The van der Waals surface area contributed by atoms with Crippen LogP contribution in [0.5, 0.6) is 0 Å². The highest BCUT2D eigenvalue weighted by atomic mass is 35.5. The Balaban J connectivity index is 1.40. The highest BCUT2D eigenvalue weighted by Crippen LogP contribution is 2.33. The van der Waals surface area contributed by atoms with Gasteiger partial charge in [0.1, 0.15) is 11.6 Å². The molecule has 1 N–H and O–H groups in total. The number of aromatic nitrogens is 1. The quantitative estimate of drug-likeness (QED) is 0.612. The number of hydrogen-bond donors (Lipinski definition) is 1. The van der Waals surface area contributed by atoms with Crippen molar-refractivity contribution in [2.75, 3.05) is 18.0 Å². The lowest BCUT2D eigenvalue weighted by Crippen LogP contribution is -2.40. The Morgan fingerprint density at radius 1 is 1.29 bits per heavy atom. The number of halogens is 1. The number of anilines is 1. The lowest BCUT2D eigenvalue weighted by molar-refractivity contribution is -0.118. The first-order chi connectivity index (χ1) is 15.9. The zero-order valence-electron chi connectivity index (χ0n) is 18.9. The monoisotopic (exact) mass is 544 g/mol. The molecule has 2 aliphatic heterocycles. The van der Waals surface area contributed by atoms with E-state index < -0.39 is 21.7 Å². The van der Waals surface area contributed by atoms with Crippen molar-refractivity contribution < 1.29 is 22.7 Å². The second-order valence-corrected chi connectivity index (χ2v) is 13.4. The summed E-state index contributed by atoms with van der Waals surface area (Å²) in [4.78, 5) is 34.7. The molecule has 1 fully saturated rings. The molecule has 9 nitrogen and oxygen atoms in total. The van der Waals surface area contributed by atoms with Crippen molar-refractivity contribution in [3.63, 3.8) is 0 Å². The van der Waals surface area contributed by atoms with Gasteiger partial charge in [-0.3, -0.25) is 9.69 Å². The first-order valence-electron chi connectivity index (χ1n) is 10.6. The average Bonchev–Trinajstić information content (AvgIpc) is 3.43. The van der Waals surface area contributed by atoms with E-state index in [0.717, 1.165) is 16.0 Å². The Labute approximate surface area is 211 Å². The van der Waals surface area contributed by atoms with E-state index in [1.165, 1.54) is 33.6 Å². The number of hydrogen-bond acceptors (Lipinski definition) is 8. The number of ether oxygens (including phenoxy) is 1. The number of rotatable bonds is 5. The molecule has 0 bridgehead atoms. The Bertz CT molecular complexity index is 1230. The summed E-state index contributed by atoms with van der Waals surface area (Å²) in [6.45, 7) is 6.69. The number of nitrogens with one attached hydrogen (secondary N) is 1. The average molecular weight is 545 g/mol. The van der Waals surface area contributed by atoms with Gasteiger partial charge in [0.25, 0.3) is 0 Å². The summed E-state index contributed by atoms with van der Waals surface area (Å²) < 4.78 is 33.4. The first kappa shape index (κ1) is 25.1. The van der Waals surface area contributed by atoms with Crippen LogP contribution in [0, 0.1) is 0 Å². The maximum absolute atomic E-state index is 12.9. The molecule has 184 valence electrons. The molecular formula is C21H25ClN4O5S3. The van der Waals surface area contributed by atoms with Crippen molar-refractivity contribution in [2.24, 2.45) is 0 Å². The molecule has 4 rings (SSSR count). The van der Waals surface area contributed by atoms with Crippen molar-refractivity contribution in [3.05, 3.63) is 37.3 Å². The molecule has 2 aromatic heterocycles. The van der Waals surface area contributed by atoms with Crippen LogP contribution in [-0.4, -0.2) is 55.0 Å². The fourth-order valence-corrected chi connectivity index (χ4v) is 6.79. The van der Waals surface area contributed by atoms with E-state index in [1.807, 2.05) is 20.8 Å². The van der Waals surface area contributed by atoms with Crippen LogP contribution >= 0.6 is 34.3 Å². The summed E-state index contributed by atoms with van der Waals surface area (Å²) in [5.41, 5.74) is 0.279. The van der Waals surface area contributed by atoms with Gasteiger partial charge in [-0.05, 0) is 45.4 Å². The van der Waals surface area contributed by atoms with Crippen LogP contribution in [0.2, 0.25) is 4.34 Å². The third-order valence-corrected chi connectivity index (χ3v) is 8.53. The number of nitrogens with zero attached hydrogens (tertiary/aromatic N) is 3. The van der Waals surface area contributed by atoms with Crippen molar-refractivity contribution in [1.82, 2.24) is 14.6 Å². The van der Waals surface area contributed by atoms with Gasteiger partial charge in [0.2, 0.25) is 15.9 Å². The van der Waals surface area contributed by atoms with Gasteiger partial charge in [-0.1, -0.05) is 22.9 Å². The van der Waals surface area contributed by atoms with Crippen LogP contribution in [-0.2, 0) is 32.5 Å². The summed E-state index contributed by atoms with van der Waals surface area (Å²) in [6, 6.07) is 2.54. The molecule has 0 unspecified atom stereocenters. The van der Waals surface area contributed by atoms with Crippen LogP contribution in [0.3, 0.4) is 0 Å². The normalized spacial score (nSPS) is 19.2. The number of sulfonamides is 1. The van der Waals surface area contributed by atoms with Gasteiger partial charge in [0, 0.05) is 34.7 Å². The SMILES string of the molecule is CC(C)(C)OC(=O)N1CCc2nc(N3CC[C@H](NS(=O)(=O)/C=C/c4ccc(Cl)s4)C3=O)sc2C1. The van der Waals surface area contributed by atoms with Crippen LogP contribution in [0.15, 0.2) is 17.5 Å². The van der Waals surface area contributed by atoms with Crippen LogP contribution in [0.25, 0.3) is 6.08 Å². The Morgan fingerprint density at radius 3 is 2.74 bits per heavy atom. The van der Waals surface area contributed by atoms with E-state index in [2.05, 4.69) is 9.71 Å². The maximum Gasteiger partial charge on any atom is 0.410 e. The van der Waals surface area contributed by atoms with E-state index in [4.69, 9.17) is 16.3 Å². The van der Waals surface area contributed by atoms with Gasteiger partial charge in [0.05, 0.1) is 16.6 Å². The van der Waals surface area contributed by atoms with Crippen LogP contribution in [0.1, 0.15) is 42.6 Å². The predicted molar refractivity (Wildman–Crippen MR) is 134 cm³/mol. The summed E-state index contributed by atoms with van der Waals surface area (Å²) in [5.74, 6) is -0.341. The second kappa shape index (κ2) is 9.57. The van der Waals surface area contributed by atoms with Crippen molar-refractivity contribution in [1.29, 1.82) is 0 Å². The van der Waals surface area contributed by atoms with E-state index in [-0.39, 0.29) is 12.0 Å². The highest BCUT2D eigenvalue weighted by molar-refractivity contribution is 7.92. The Morgan fingerprint density at radius 2 is 2.06 bits per heavy atom. The van der Waals surface area contributed by atoms with Gasteiger partial charge >= 0.3 is 6.09 Å². The molecule has 2 aromatic rings. The molecule has 1 saturated heterocycles. The van der Waals surface area contributed by atoms with Gasteiger partial charge in [0.15, 0.2) is 5.13 Å². The van der Waals surface area contributed by atoms with Crippen LogP contribution in [0.4, 0.5) is 9.93 Å². The van der Waals surface area contributed by atoms with E-state index in [0.29, 0.717) is 46.8 Å². The second-order valence-electron chi connectivity index (χ2n) is 8.96. The topological polar surface area (TPSA) is 109 Å². The fourth-order valence-electron chi connectivity index (χ4n) is 3.57. The minimum atomic E-state index is -3.82. The van der Waals surface area contributed by atoms with E-state index >= 15 is 0 Å². The largest absolute Gasteiger partial charge is 0.444 e. The van der Waals surface area contributed by atoms with Gasteiger partial charge in [-0.2, -0.15) is 4.72 Å². The molecule has 0 aliphatic carbocycles. The molecular weight excluding hydrogens is 520 g/mol. The third kappa shape index (κ3) is 5.98. The minimum absolute atomic E-state index is 0.338. The van der Waals surface area contributed by atoms with Gasteiger partial charge in [-0.25, -0.2) is 18.2 Å². The Kier molecular flexibility index (Phi) is 7.07.